The van der Waals surface area contributed by atoms with Gasteiger partial charge in [-0.3, -0.25) is 13.9 Å². The summed E-state index contributed by atoms with van der Waals surface area (Å²) in [5, 5.41) is 3.68. The molecule has 1 N–H and O–H groups in total. The summed E-state index contributed by atoms with van der Waals surface area (Å²) in [6.45, 7) is 6.91. The second kappa shape index (κ2) is 14.0. The van der Waals surface area contributed by atoms with E-state index in [0.29, 0.717) is 27.7 Å². The van der Waals surface area contributed by atoms with Gasteiger partial charge in [0.15, 0.2) is 0 Å². The van der Waals surface area contributed by atoms with E-state index in [1.807, 2.05) is 32.9 Å². The Balaban J connectivity index is 2.04. The number of halogens is 2. The number of carbonyl (C=O) groups is 2. The molecule has 0 saturated heterocycles. The number of amides is 2. The Labute approximate surface area is 247 Å². The molecule has 3 aromatic rings. The summed E-state index contributed by atoms with van der Waals surface area (Å²) >= 11 is 12.5. The van der Waals surface area contributed by atoms with Crippen LogP contribution in [0.5, 0.6) is 0 Å². The normalized spacial score (nSPS) is 12.8. The van der Waals surface area contributed by atoms with Crippen molar-refractivity contribution in [2.75, 3.05) is 10.8 Å². The fraction of sp³-hybridized carbons (Fsp3) is 0.333. The Hall–Kier alpha value is -3.07. The highest BCUT2D eigenvalue weighted by Gasteiger charge is 2.33. The Morgan fingerprint density at radius 1 is 0.925 bits per heavy atom. The van der Waals surface area contributed by atoms with E-state index in [9.17, 15) is 18.0 Å². The van der Waals surface area contributed by atoms with Gasteiger partial charge in [0.2, 0.25) is 11.8 Å². The second-order valence-electron chi connectivity index (χ2n) is 9.60. The van der Waals surface area contributed by atoms with Crippen LogP contribution in [0.25, 0.3) is 0 Å². The molecule has 0 heterocycles. The first-order valence-electron chi connectivity index (χ1n) is 13.2. The summed E-state index contributed by atoms with van der Waals surface area (Å²) in [7, 11) is -4.12. The summed E-state index contributed by atoms with van der Waals surface area (Å²) in [5.41, 5.74) is 1.95. The third kappa shape index (κ3) is 7.77. The number of benzene rings is 3. The van der Waals surface area contributed by atoms with Crippen molar-refractivity contribution in [2.24, 2.45) is 0 Å². The molecule has 2 amide bonds. The predicted molar refractivity (Wildman–Crippen MR) is 161 cm³/mol. The van der Waals surface area contributed by atoms with Crippen molar-refractivity contribution >= 4 is 50.7 Å². The largest absolute Gasteiger partial charge is 0.352 e. The smallest absolute Gasteiger partial charge is 0.264 e. The number of rotatable bonds is 12. The number of aryl methyl sites for hydroxylation is 1. The van der Waals surface area contributed by atoms with Gasteiger partial charge in [0.05, 0.1) is 10.6 Å². The molecule has 2 unspecified atom stereocenters. The Morgan fingerprint density at radius 2 is 1.57 bits per heavy atom. The molecule has 40 heavy (non-hydrogen) atoms. The van der Waals surface area contributed by atoms with Gasteiger partial charge in [-0.05, 0) is 74.2 Å². The van der Waals surface area contributed by atoms with Gasteiger partial charge in [0.25, 0.3) is 10.0 Å². The summed E-state index contributed by atoms with van der Waals surface area (Å²) in [4.78, 5) is 28.5. The van der Waals surface area contributed by atoms with E-state index in [4.69, 9.17) is 23.2 Å². The molecule has 0 bridgehead atoms. The Kier molecular flexibility index (Phi) is 11.0. The van der Waals surface area contributed by atoms with Crippen LogP contribution >= 0.6 is 23.2 Å². The molecule has 10 heteroatoms. The fourth-order valence-corrected chi connectivity index (χ4v) is 5.93. The zero-order valence-electron chi connectivity index (χ0n) is 23.1. The van der Waals surface area contributed by atoms with Crippen molar-refractivity contribution in [1.82, 2.24) is 10.2 Å². The summed E-state index contributed by atoms with van der Waals surface area (Å²) < 4.78 is 28.7. The van der Waals surface area contributed by atoms with Gasteiger partial charge in [-0.2, -0.15) is 0 Å². The standard InChI is InChI=1S/C30H35Cl2N3O4S/c1-5-21(3)33-30(37)22(4)34(19-24-14-15-25(31)18-28(24)32)29(36)20-35(26-16-12-23(6-2)13-17-26)40(38,39)27-10-8-7-9-11-27/h7-18,21-22H,5-6,19-20H2,1-4H3,(H,33,37). The van der Waals surface area contributed by atoms with Gasteiger partial charge in [-0.25, -0.2) is 8.42 Å². The van der Waals surface area contributed by atoms with Crippen molar-refractivity contribution in [3.63, 3.8) is 0 Å². The van der Waals surface area contributed by atoms with E-state index >= 15 is 0 Å². The van der Waals surface area contributed by atoms with E-state index in [2.05, 4.69) is 5.32 Å². The summed E-state index contributed by atoms with van der Waals surface area (Å²) in [6.07, 6.45) is 1.50. The minimum atomic E-state index is -4.12. The van der Waals surface area contributed by atoms with Crippen LogP contribution < -0.4 is 9.62 Å². The van der Waals surface area contributed by atoms with Crippen molar-refractivity contribution in [2.45, 2.75) is 64.1 Å². The van der Waals surface area contributed by atoms with Crippen LogP contribution in [-0.4, -0.2) is 43.8 Å². The molecule has 3 rings (SSSR count). The van der Waals surface area contributed by atoms with Crippen LogP contribution in [0.1, 0.15) is 45.2 Å². The number of hydrogen-bond donors (Lipinski definition) is 1. The molecule has 0 aliphatic rings. The SMILES string of the molecule is CCc1ccc(N(CC(=O)N(Cc2ccc(Cl)cc2Cl)C(C)C(=O)NC(C)CC)S(=O)(=O)c2ccccc2)cc1. The highest BCUT2D eigenvalue weighted by molar-refractivity contribution is 7.92. The first-order chi connectivity index (χ1) is 19.0. The highest BCUT2D eigenvalue weighted by Crippen LogP contribution is 2.27. The summed E-state index contributed by atoms with van der Waals surface area (Å²) in [6, 6.07) is 18.9. The van der Waals surface area contributed by atoms with Crippen LogP contribution in [0, 0.1) is 0 Å². The van der Waals surface area contributed by atoms with E-state index in [0.717, 1.165) is 16.3 Å². The molecule has 0 fully saturated rings. The lowest BCUT2D eigenvalue weighted by molar-refractivity contribution is -0.139. The van der Waals surface area contributed by atoms with E-state index in [1.54, 1.807) is 55.5 Å². The van der Waals surface area contributed by atoms with E-state index in [1.165, 1.54) is 17.0 Å². The van der Waals surface area contributed by atoms with Crippen LogP contribution in [0.15, 0.2) is 77.7 Å². The molecule has 0 saturated carbocycles. The molecule has 0 radical (unpaired) electrons. The van der Waals surface area contributed by atoms with Crippen LogP contribution in [0.2, 0.25) is 10.0 Å². The van der Waals surface area contributed by atoms with Crippen LogP contribution in [-0.2, 0) is 32.6 Å². The highest BCUT2D eigenvalue weighted by atomic mass is 35.5. The lowest BCUT2D eigenvalue weighted by Gasteiger charge is -2.32. The number of sulfonamides is 1. The van der Waals surface area contributed by atoms with Crippen molar-refractivity contribution in [3.8, 4) is 0 Å². The van der Waals surface area contributed by atoms with Gasteiger partial charge in [-0.1, -0.05) is 73.4 Å². The van der Waals surface area contributed by atoms with Crippen LogP contribution in [0.4, 0.5) is 5.69 Å². The maximum absolute atomic E-state index is 14.0. The minimum Gasteiger partial charge on any atom is -0.352 e. The maximum atomic E-state index is 14.0. The lowest BCUT2D eigenvalue weighted by atomic mass is 10.1. The van der Waals surface area contributed by atoms with Gasteiger partial charge < -0.3 is 10.2 Å². The zero-order valence-corrected chi connectivity index (χ0v) is 25.4. The molecule has 0 aliphatic carbocycles. The third-order valence-corrected chi connectivity index (χ3v) is 9.14. The Morgan fingerprint density at radius 3 is 2.15 bits per heavy atom. The molecule has 7 nitrogen and oxygen atoms in total. The van der Waals surface area contributed by atoms with Crippen molar-refractivity contribution < 1.29 is 18.0 Å². The van der Waals surface area contributed by atoms with Gasteiger partial charge in [0.1, 0.15) is 12.6 Å². The number of carbonyl (C=O) groups excluding carboxylic acids is 2. The van der Waals surface area contributed by atoms with Gasteiger partial charge in [0, 0.05) is 22.6 Å². The maximum Gasteiger partial charge on any atom is 0.264 e. The molecule has 0 aromatic heterocycles. The monoisotopic (exact) mass is 603 g/mol. The van der Waals surface area contributed by atoms with Crippen molar-refractivity contribution in [1.29, 1.82) is 0 Å². The number of anilines is 1. The van der Waals surface area contributed by atoms with Gasteiger partial charge >= 0.3 is 0 Å². The number of nitrogens with one attached hydrogen (secondary N) is 1. The van der Waals surface area contributed by atoms with Gasteiger partial charge in [-0.15, -0.1) is 0 Å². The topological polar surface area (TPSA) is 86.8 Å². The average molecular weight is 605 g/mol. The molecular formula is C30H35Cl2N3O4S. The van der Waals surface area contributed by atoms with E-state index in [-0.39, 0.29) is 23.4 Å². The van der Waals surface area contributed by atoms with Crippen molar-refractivity contribution in [3.05, 3.63) is 94.0 Å². The molecular weight excluding hydrogens is 569 g/mol. The molecule has 2 atom stereocenters. The predicted octanol–water partition coefficient (Wildman–Crippen LogP) is 6.08. The van der Waals surface area contributed by atoms with Crippen LogP contribution in [0.3, 0.4) is 0 Å². The fourth-order valence-electron chi connectivity index (χ4n) is 4.03. The molecule has 214 valence electrons. The molecule has 0 spiro atoms. The lowest BCUT2D eigenvalue weighted by Crippen LogP contribution is -2.52. The quantitative estimate of drug-likeness (QED) is 0.272. The molecule has 0 aliphatic heterocycles. The second-order valence-corrected chi connectivity index (χ2v) is 12.3. The zero-order chi connectivity index (χ0) is 29.4. The number of nitrogens with zero attached hydrogens (tertiary/aromatic N) is 2. The first-order valence-corrected chi connectivity index (χ1v) is 15.4. The Bertz CT molecular complexity index is 1420. The summed E-state index contributed by atoms with van der Waals surface area (Å²) in [5.74, 6) is -0.908. The first kappa shape index (κ1) is 31.5. The average Bonchev–Trinajstić information content (AvgIpc) is 2.95. The number of hydrogen-bond acceptors (Lipinski definition) is 4. The van der Waals surface area contributed by atoms with E-state index < -0.39 is 28.5 Å². The molecule has 3 aromatic carbocycles. The third-order valence-electron chi connectivity index (χ3n) is 6.77. The minimum absolute atomic E-state index is 0.0159.